The molecule has 3 aromatic rings. The number of allylic oxidation sites excluding steroid dienone is 2. The van der Waals surface area contributed by atoms with Gasteiger partial charge in [0.25, 0.3) is 0 Å². The molecule has 0 radical (unpaired) electrons. The van der Waals surface area contributed by atoms with Crippen LogP contribution in [-0.4, -0.2) is 75.7 Å². The molecule has 4 aliphatic rings. The summed E-state index contributed by atoms with van der Waals surface area (Å²) in [6.07, 6.45) is 12.4. The first kappa shape index (κ1) is 39.2. The Hall–Kier alpha value is -4.01. The average Bonchev–Trinajstić information content (AvgIpc) is 3.45. The van der Waals surface area contributed by atoms with Crippen LogP contribution in [0, 0.1) is 11.8 Å². The van der Waals surface area contributed by atoms with Gasteiger partial charge in [0.05, 0.1) is 42.5 Å². The number of aromatic nitrogens is 1. The molecule has 1 aromatic heterocycles. The van der Waals surface area contributed by atoms with Gasteiger partial charge in [0, 0.05) is 48.0 Å². The number of ether oxygens (including phenoxy) is 3. The number of benzene rings is 2. The van der Waals surface area contributed by atoms with Gasteiger partial charge >= 0.3 is 5.97 Å². The van der Waals surface area contributed by atoms with Crippen molar-refractivity contribution in [3.63, 3.8) is 0 Å². The highest BCUT2D eigenvalue weighted by molar-refractivity contribution is 7.60. The first-order valence-corrected chi connectivity index (χ1v) is 22.2. The van der Waals surface area contributed by atoms with Crippen LogP contribution in [0.3, 0.4) is 0 Å². The third-order valence-electron chi connectivity index (χ3n) is 12.2. The van der Waals surface area contributed by atoms with Gasteiger partial charge in [-0.3, -0.25) is 18.9 Å². The van der Waals surface area contributed by atoms with E-state index in [0.717, 1.165) is 62.3 Å². The van der Waals surface area contributed by atoms with Crippen LogP contribution in [0.4, 0.5) is 0 Å². The number of carbonyl (C=O) groups excluding carboxylic acids is 3. The van der Waals surface area contributed by atoms with Gasteiger partial charge in [0.15, 0.2) is 5.78 Å². The highest BCUT2D eigenvalue weighted by Crippen LogP contribution is 2.73. The minimum Gasteiger partial charge on any atom is -0.497 e. The van der Waals surface area contributed by atoms with Crippen molar-refractivity contribution in [2.75, 3.05) is 19.8 Å². The van der Waals surface area contributed by atoms with Gasteiger partial charge < -0.3 is 24.0 Å². The smallest absolute Gasteiger partial charge is 0.306 e. The van der Waals surface area contributed by atoms with Crippen molar-refractivity contribution >= 4 is 35.9 Å². The van der Waals surface area contributed by atoms with Gasteiger partial charge in [-0.2, -0.15) is 0 Å². The molecule has 2 aliphatic heterocycles. The molecular weight excluding hydrogens is 715 g/mol. The molecule has 3 heterocycles. The van der Waals surface area contributed by atoms with Crippen LogP contribution < -0.4 is 9.47 Å². The van der Waals surface area contributed by atoms with Gasteiger partial charge in [0.1, 0.15) is 23.7 Å². The number of pyridine rings is 1. The molecule has 6 atom stereocenters. The van der Waals surface area contributed by atoms with Gasteiger partial charge in [-0.1, -0.05) is 62.2 Å². The maximum atomic E-state index is 14.7. The predicted octanol–water partition coefficient (Wildman–Crippen LogP) is 8.67. The summed E-state index contributed by atoms with van der Waals surface area (Å²) in [5.41, 5.74) is 2.30. The Kier molecular flexibility index (Phi) is 12.1. The first-order valence-electron chi connectivity index (χ1n) is 20.3. The molecular formula is C44H55N2O8P. The number of Topliss-reactive ketones (excluding diaryl/α,β-unsaturated/α-hetero) is 1. The highest BCUT2D eigenvalue weighted by Gasteiger charge is 2.65. The number of nitrogens with zero attached hydrogens (tertiary/aromatic N) is 2. The highest BCUT2D eigenvalue weighted by atomic mass is 31.2. The molecule has 0 spiro atoms. The summed E-state index contributed by atoms with van der Waals surface area (Å²) in [6.45, 7) is 2.03. The summed E-state index contributed by atoms with van der Waals surface area (Å²) >= 11 is 0. The first-order chi connectivity index (χ1) is 26.6. The van der Waals surface area contributed by atoms with E-state index in [2.05, 4.69) is 6.08 Å². The molecule has 1 N–H and O–H groups in total. The zero-order valence-corrected chi connectivity index (χ0v) is 33.1. The lowest BCUT2D eigenvalue weighted by Crippen LogP contribution is -2.45. The largest absolute Gasteiger partial charge is 0.497 e. The van der Waals surface area contributed by atoms with E-state index in [1.54, 1.807) is 12.0 Å². The molecule has 7 rings (SSSR count). The van der Waals surface area contributed by atoms with E-state index in [0.29, 0.717) is 42.0 Å². The van der Waals surface area contributed by atoms with Gasteiger partial charge in [-0.05, 0) is 75.8 Å². The number of methoxy groups -OCH3 is 1. The maximum Gasteiger partial charge on any atom is 0.306 e. The van der Waals surface area contributed by atoms with Crippen molar-refractivity contribution < 1.29 is 38.1 Å². The number of amides is 1. The molecule has 2 aliphatic carbocycles. The fourth-order valence-corrected chi connectivity index (χ4v) is 11.6. The second-order valence-electron chi connectivity index (χ2n) is 16.1. The van der Waals surface area contributed by atoms with E-state index in [-0.39, 0.29) is 61.7 Å². The fourth-order valence-electron chi connectivity index (χ4n) is 9.09. The van der Waals surface area contributed by atoms with Gasteiger partial charge in [-0.25, -0.2) is 4.98 Å². The van der Waals surface area contributed by atoms with Crippen LogP contribution in [0.25, 0.3) is 22.2 Å². The summed E-state index contributed by atoms with van der Waals surface area (Å²) in [5.74, 6) is -0.418. The summed E-state index contributed by atoms with van der Waals surface area (Å²) in [6, 6.07) is 16.5. The molecule has 1 amide bonds. The van der Waals surface area contributed by atoms with E-state index >= 15 is 0 Å². The Morgan fingerprint density at radius 1 is 1.00 bits per heavy atom. The second kappa shape index (κ2) is 17.0. The van der Waals surface area contributed by atoms with E-state index in [9.17, 15) is 23.8 Å². The summed E-state index contributed by atoms with van der Waals surface area (Å²) in [4.78, 5) is 60.7. The molecule has 1 unspecified atom stereocenters. The monoisotopic (exact) mass is 770 g/mol. The lowest BCUT2D eigenvalue weighted by atomic mass is 9.94. The minimum atomic E-state index is -3.70. The summed E-state index contributed by atoms with van der Waals surface area (Å²) in [5, 5.41) is -0.262. The maximum absolute atomic E-state index is 14.7. The topological polar surface area (TPSA) is 132 Å². The minimum absolute atomic E-state index is 0.0379. The fraction of sp³-hybridized carbons (Fsp3) is 0.545. The van der Waals surface area contributed by atoms with Crippen LogP contribution in [0.2, 0.25) is 0 Å². The number of ketones is 1. The van der Waals surface area contributed by atoms with Crippen LogP contribution in [0.15, 0.2) is 66.7 Å². The Morgan fingerprint density at radius 2 is 1.78 bits per heavy atom. The number of hydrogen-bond acceptors (Lipinski definition) is 8. The number of carbonyl (C=O) groups is 3. The van der Waals surface area contributed by atoms with Crippen molar-refractivity contribution in [1.82, 2.24) is 9.88 Å². The number of esters is 1. The lowest BCUT2D eigenvalue weighted by molar-refractivity contribution is -0.154. The van der Waals surface area contributed by atoms with Crippen LogP contribution in [-0.2, 0) is 23.7 Å². The van der Waals surface area contributed by atoms with Crippen LogP contribution in [0.1, 0.15) is 96.8 Å². The molecule has 2 saturated carbocycles. The molecule has 3 fully saturated rings. The van der Waals surface area contributed by atoms with Crippen molar-refractivity contribution in [3.05, 3.63) is 66.7 Å². The third kappa shape index (κ3) is 8.71. The Morgan fingerprint density at radius 3 is 2.55 bits per heavy atom. The number of rotatable bonds is 10. The molecule has 2 aromatic carbocycles. The standard InChI is InChI=1S/C44H55N2O8P/c1-3-22-55(50,51)44-27-32(44)17-11-6-4-5-8-16-31(23-42(48)54-33-18-12-13-19-33)43(49)46-29-35(25-39(46)40(47)28-44)53-41-26-37(30-14-9-7-10-15-30)45-38-24-34(52-2)20-21-36(38)41/h7,9-11,14-15,17,20-21,24,26,31-33,35,39H,3-6,8,12-13,16,18-19,22-23,25,27-29H2,1-2H3,(H,50,51)/b17-11-/t31-,32-,35-,39+,44-/m1/s1. The lowest BCUT2D eigenvalue weighted by Gasteiger charge is -2.30. The summed E-state index contributed by atoms with van der Waals surface area (Å²) in [7, 11) is -2.09. The second-order valence-corrected chi connectivity index (χ2v) is 18.8. The van der Waals surface area contributed by atoms with Gasteiger partial charge in [0.2, 0.25) is 13.3 Å². The van der Waals surface area contributed by atoms with E-state index in [1.165, 1.54) is 0 Å². The molecule has 55 heavy (non-hydrogen) atoms. The number of hydrogen-bond donors (Lipinski definition) is 1. The van der Waals surface area contributed by atoms with Crippen molar-refractivity contribution in [1.29, 1.82) is 0 Å². The SMILES string of the molecule is CCCP(=O)(O)[C@]12CC(=O)[C@@H]3C[C@@H](Oc4cc(-c5ccccc5)nc5cc(OC)ccc45)CN3C(=O)[C@@H](CC(=O)OC3CCCC3)CCCCC/C=C\[C@@H]1C2. The summed E-state index contributed by atoms with van der Waals surface area (Å²) < 4.78 is 32.1. The molecule has 294 valence electrons. The van der Waals surface area contributed by atoms with Crippen molar-refractivity contribution in [2.45, 2.75) is 120 Å². The van der Waals surface area contributed by atoms with Crippen molar-refractivity contribution in [2.24, 2.45) is 11.8 Å². The third-order valence-corrected chi connectivity index (χ3v) is 15.3. The zero-order valence-electron chi connectivity index (χ0n) is 32.2. The quantitative estimate of drug-likeness (QED) is 0.122. The normalized spacial score (nSPS) is 28.0. The Bertz CT molecular complexity index is 1940. The molecule has 10 nitrogen and oxygen atoms in total. The van der Waals surface area contributed by atoms with Gasteiger partial charge in [-0.15, -0.1) is 0 Å². The van der Waals surface area contributed by atoms with Crippen molar-refractivity contribution in [3.8, 4) is 22.8 Å². The van der Waals surface area contributed by atoms with Crippen LogP contribution in [0.5, 0.6) is 11.5 Å². The predicted molar refractivity (Wildman–Crippen MR) is 212 cm³/mol. The Labute approximate surface area is 324 Å². The Balaban J connectivity index is 1.22. The average molecular weight is 771 g/mol. The van der Waals surface area contributed by atoms with E-state index in [4.69, 9.17) is 19.2 Å². The molecule has 0 bridgehead atoms. The molecule has 1 saturated heterocycles. The number of fused-ring (bicyclic) bond motifs is 3. The van der Waals surface area contributed by atoms with E-state index in [1.807, 2.05) is 67.6 Å². The zero-order chi connectivity index (χ0) is 38.6. The van der Waals surface area contributed by atoms with E-state index < -0.39 is 30.6 Å². The molecule has 11 heteroatoms. The van der Waals surface area contributed by atoms with Crippen LogP contribution >= 0.6 is 7.37 Å².